The third-order valence-electron chi connectivity index (χ3n) is 8.23. The second-order valence-corrected chi connectivity index (χ2v) is 12.8. The van der Waals surface area contributed by atoms with Gasteiger partial charge in [0.25, 0.3) is 0 Å². The Bertz CT molecular complexity index is 1680. The van der Waals surface area contributed by atoms with Gasteiger partial charge in [-0.1, -0.05) is 50.6 Å². The number of urea groups is 2. The van der Waals surface area contributed by atoms with Crippen LogP contribution in [0.4, 0.5) is 26.8 Å². The summed E-state index contributed by atoms with van der Waals surface area (Å²) in [5.74, 6) is 2.38. The van der Waals surface area contributed by atoms with Crippen LogP contribution in [0, 0.1) is 12.8 Å². The molecule has 3 N–H and O–H groups in total. The molecule has 2 aliphatic heterocycles. The standard InChI is InChI=1S/C35H40N6O4/c1-23-8-11-28(12-9-23)41-32(21-31(39-41)35(2,3)4)38-33(42)36-26-7-5-6-25(19-26)18-24-14-16-40(17-15-24)34(43)37-27-10-13-29-30(20-27)45-22-44-29/h5-13,19-21,24H,14-18,22H2,1-4H3,(H,37,43)(H2,36,38,42). The molecule has 4 aromatic rings. The predicted molar refractivity (Wildman–Crippen MR) is 176 cm³/mol. The molecule has 1 aromatic heterocycles. The summed E-state index contributed by atoms with van der Waals surface area (Å²) in [6, 6.07) is 22.9. The Morgan fingerprint density at radius 3 is 2.36 bits per heavy atom. The minimum Gasteiger partial charge on any atom is -0.454 e. The number of aryl methyl sites for hydroxylation is 1. The third-order valence-corrected chi connectivity index (χ3v) is 8.23. The number of aromatic nitrogens is 2. The van der Waals surface area contributed by atoms with Crippen molar-refractivity contribution in [2.75, 3.05) is 35.8 Å². The monoisotopic (exact) mass is 608 g/mol. The zero-order valence-electron chi connectivity index (χ0n) is 26.2. The first-order chi connectivity index (χ1) is 21.6. The van der Waals surface area contributed by atoms with Gasteiger partial charge in [-0.25, -0.2) is 14.3 Å². The molecule has 234 valence electrons. The lowest BCUT2D eigenvalue weighted by molar-refractivity contribution is 0.174. The number of nitrogens with one attached hydrogen (secondary N) is 3. The molecule has 6 rings (SSSR count). The van der Waals surface area contributed by atoms with E-state index in [0.29, 0.717) is 42.0 Å². The Hall–Kier alpha value is -4.99. The molecule has 0 atom stereocenters. The zero-order valence-corrected chi connectivity index (χ0v) is 26.2. The van der Waals surface area contributed by atoms with Crippen LogP contribution in [-0.4, -0.2) is 46.6 Å². The van der Waals surface area contributed by atoms with Crippen LogP contribution in [0.25, 0.3) is 5.69 Å². The van der Waals surface area contributed by atoms with Gasteiger partial charge in [-0.2, -0.15) is 5.10 Å². The highest BCUT2D eigenvalue weighted by Gasteiger charge is 2.25. The highest BCUT2D eigenvalue weighted by atomic mass is 16.7. The molecule has 0 aliphatic carbocycles. The average Bonchev–Trinajstić information content (AvgIpc) is 3.65. The number of hydrogen-bond donors (Lipinski definition) is 3. The van der Waals surface area contributed by atoms with Crippen molar-refractivity contribution in [1.82, 2.24) is 14.7 Å². The van der Waals surface area contributed by atoms with Crippen molar-refractivity contribution >= 4 is 29.3 Å². The molecule has 2 aliphatic rings. The van der Waals surface area contributed by atoms with Crippen LogP contribution in [0.1, 0.15) is 50.4 Å². The summed E-state index contributed by atoms with van der Waals surface area (Å²) in [6.45, 7) is 9.92. The Morgan fingerprint density at radius 2 is 1.60 bits per heavy atom. The van der Waals surface area contributed by atoms with Crippen LogP contribution in [0.2, 0.25) is 0 Å². The molecular formula is C35H40N6O4. The highest BCUT2D eigenvalue weighted by molar-refractivity contribution is 5.99. The fourth-order valence-electron chi connectivity index (χ4n) is 5.62. The molecule has 10 heteroatoms. The second-order valence-electron chi connectivity index (χ2n) is 12.8. The summed E-state index contributed by atoms with van der Waals surface area (Å²) < 4.78 is 12.5. The fourth-order valence-corrected chi connectivity index (χ4v) is 5.62. The van der Waals surface area contributed by atoms with E-state index in [1.54, 1.807) is 16.8 Å². The number of likely N-dealkylation sites (tertiary alicyclic amines) is 1. The summed E-state index contributed by atoms with van der Waals surface area (Å²) >= 11 is 0. The number of carbonyl (C=O) groups is 2. The Balaban J connectivity index is 1.03. The first kappa shape index (κ1) is 30.1. The Kier molecular flexibility index (Phi) is 8.38. The number of anilines is 3. The maximum atomic E-state index is 13.1. The van der Waals surface area contributed by atoms with Crippen molar-refractivity contribution in [3.05, 3.63) is 89.6 Å². The van der Waals surface area contributed by atoms with E-state index in [1.165, 1.54) is 0 Å². The number of benzene rings is 3. The van der Waals surface area contributed by atoms with Gasteiger partial charge >= 0.3 is 12.1 Å². The normalized spacial score (nSPS) is 14.7. The second kappa shape index (κ2) is 12.6. The number of rotatable bonds is 6. The van der Waals surface area contributed by atoms with Crippen LogP contribution in [0.3, 0.4) is 0 Å². The SMILES string of the molecule is Cc1ccc(-n2nc(C(C)(C)C)cc2NC(=O)Nc2cccc(CC3CCN(C(=O)Nc4ccc5c(c4)OCO5)CC3)c2)cc1. The van der Waals surface area contributed by atoms with E-state index in [9.17, 15) is 9.59 Å². The molecule has 0 saturated carbocycles. The number of carbonyl (C=O) groups excluding carboxylic acids is 2. The van der Waals surface area contributed by atoms with E-state index >= 15 is 0 Å². The van der Waals surface area contributed by atoms with Crippen molar-refractivity contribution in [1.29, 1.82) is 0 Å². The minimum absolute atomic E-state index is 0.108. The molecule has 0 bridgehead atoms. The van der Waals surface area contributed by atoms with Gasteiger partial charge in [0, 0.05) is 42.0 Å². The van der Waals surface area contributed by atoms with Gasteiger partial charge in [-0.05, 0) is 74.1 Å². The molecule has 0 unspecified atom stereocenters. The average molecular weight is 609 g/mol. The molecule has 0 radical (unpaired) electrons. The first-order valence-electron chi connectivity index (χ1n) is 15.4. The number of hydrogen-bond acceptors (Lipinski definition) is 5. The molecule has 4 amide bonds. The summed E-state index contributed by atoms with van der Waals surface area (Å²) in [7, 11) is 0. The van der Waals surface area contributed by atoms with Crippen LogP contribution < -0.4 is 25.4 Å². The molecule has 10 nitrogen and oxygen atoms in total. The zero-order chi connectivity index (χ0) is 31.6. The van der Waals surface area contributed by atoms with Crippen LogP contribution in [0.15, 0.2) is 72.8 Å². The summed E-state index contributed by atoms with van der Waals surface area (Å²) in [5, 5.41) is 13.8. The van der Waals surface area contributed by atoms with Gasteiger partial charge in [-0.15, -0.1) is 0 Å². The van der Waals surface area contributed by atoms with Crippen molar-refractivity contribution in [3.8, 4) is 17.2 Å². The van der Waals surface area contributed by atoms with E-state index in [4.69, 9.17) is 14.6 Å². The van der Waals surface area contributed by atoms with E-state index in [0.717, 1.165) is 47.5 Å². The number of fused-ring (bicyclic) bond motifs is 1. The number of nitrogens with zero attached hydrogens (tertiary/aromatic N) is 3. The Morgan fingerprint density at radius 1 is 0.867 bits per heavy atom. The maximum Gasteiger partial charge on any atom is 0.324 e. The smallest absolute Gasteiger partial charge is 0.324 e. The maximum absolute atomic E-state index is 13.1. The molecule has 0 spiro atoms. The lowest BCUT2D eigenvalue weighted by Crippen LogP contribution is -2.41. The van der Waals surface area contributed by atoms with Crippen molar-refractivity contribution in [3.63, 3.8) is 0 Å². The molecule has 1 fully saturated rings. The predicted octanol–water partition coefficient (Wildman–Crippen LogP) is 7.34. The summed E-state index contributed by atoms with van der Waals surface area (Å²) in [4.78, 5) is 27.9. The summed E-state index contributed by atoms with van der Waals surface area (Å²) in [6.07, 6.45) is 2.70. The number of piperidine rings is 1. The molecule has 3 heterocycles. The van der Waals surface area contributed by atoms with Gasteiger partial charge in [0.1, 0.15) is 5.82 Å². The van der Waals surface area contributed by atoms with Crippen molar-refractivity contribution in [2.24, 2.45) is 5.92 Å². The van der Waals surface area contributed by atoms with E-state index in [1.807, 2.05) is 66.4 Å². The van der Waals surface area contributed by atoms with E-state index in [-0.39, 0.29) is 24.3 Å². The van der Waals surface area contributed by atoms with Crippen molar-refractivity contribution < 1.29 is 19.1 Å². The molecule has 3 aromatic carbocycles. The van der Waals surface area contributed by atoms with E-state index in [2.05, 4.69) is 42.8 Å². The summed E-state index contributed by atoms with van der Waals surface area (Å²) in [5.41, 5.74) is 5.31. The van der Waals surface area contributed by atoms with Crippen LogP contribution in [0.5, 0.6) is 11.5 Å². The van der Waals surface area contributed by atoms with Crippen molar-refractivity contribution in [2.45, 2.75) is 52.4 Å². The van der Waals surface area contributed by atoms with Crippen LogP contribution >= 0.6 is 0 Å². The molecule has 1 saturated heterocycles. The van der Waals surface area contributed by atoms with Crippen LogP contribution in [-0.2, 0) is 11.8 Å². The quantitative estimate of drug-likeness (QED) is 0.212. The van der Waals surface area contributed by atoms with Gasteiger partial charge in [0.2, 0.25) is 6.79 Å². The fraction of sp³-hybridized carbons (Fsp3) is 0.343. The molecule has 45 heavy (non-hydrogen) atoms. The molecular weight excluding hydrogens is 568 g/mol. The highest BCUT2D eigenvalue weighted by Crippen LogP contribution is 2.34. The lowest BCUT2D eigenvalue weighted by atomic mass is 9.90. The lowest BCUT2D eigenvalue weighted by Gasteiger charge is -2.32. The van der Waals surface area contributed by atoms with Gasteiger partial charge in [0.15, 0.2) is 11.5 Å². The number of amides is 4. The third kappa shape index (κ3) is 7.22. The Labute approximate surface area is 263 Å². The van der Waals surface area contributed by atoms with E-state index < -0.39 is 0 Å². The minimum atomic E-state index is -0.331. The first-order valence-corrected chi connectivity index (χ1v) is 15.4. The number of ether oxygens (including phenoxy) is 2. The largest absolute Gasteiger partial charge is 0.454 e. The van der Waals surface area contributed by atoms with Gasteiger partial charge in [-0.3, -0.25) is 5.32 Å². The topological polar surface area (TPSA) is 110 Å². The van der Waals surface area contributed by atoms with Gasteiger partial charge < -0.3 is 25.0 Å². The van der Waals surface area contributed by atoms with Gasteiger partial charge in [0.05, 0.1) is 11.4 Å².